The molecule has 0 spiro atoms. The first-order valence-electron chi connectivity index (χ1n) is 13.0. The Labute approximate surface area is 235 Å². The minimum Gasteiger partial charge on any atom is -0.497 e. The van der Waals surface area contributed by atoms with Crippen molar-refractivity contribution in [2.75, 3.05) is 18.6 Å². The number of nitrogen functional groups attached to an aromatic ring is 2. The third-order valence-electron chi connectivity index (χ3n) is 6.03. The summed E-state index contributed by atoms with van der Waals surface area (Å²) in [6, 6.07) is 36.0. The summed E-state index contributed by atoms with van der Waals surface area (Å²) < 4.78 is 22.9. The van der Waals surface area contributed by atoms with E-state index in [4.69, 9.17) is 30.4 Å². The molecule has 0 atom stereocenters. The van der Waals surface area contributed by atoms with E-state index in [1.54, 1.807) is 13.2 Å². The topological polar surface area (TPSA) is 89.0 Å². The van der Waals surface area contributed by atoms with Gasteiger partial charge in [-0.2, -0.15) is 0 Å². The lowest BCUT2D eigenvalue weighted by Gasteiger charge is -2.14. The van der Waals surface area contributed by atoms with Gasteiger partial charge in [0.15, 0.2) is 0 Å². The van der Waals surface area contributed by atoms with Crippen molar-refractivity contribution in [1.82, 2.24) is 0 Å². The Kier molecular flexibility index (Phi) is 9.51. The van der Waals surface area contributed by atoms with Crippen LogP contribution >= 0.6 is 0 Å². The molecule has 204 valence electrons. The maximum atomic E-state index is 5.97. The molecule has 0 fully saturated rings. The SMILES string of the molecule is CCc1ccccc1Oc1cccc(N)c1.COc1cccc(Oc2cccc(Oc3cccc(N)c3)c2C)c1. The number of nitrogens with two attached hydrogens (primary N) is 2. The number of hydrogen-bond acceptors (Lipinski definition) is 6. The van der Waals surface area contributed by atoms with E-state index in [0.29, 0.717) is 22.9 Å². The lowest BCUT2D eigenvalue weighted by molar-refractivity contribution is 0.408. The van der Waals surface area contributed by atoms with E-state index in [1.807, 2.05) is 110 Å². The first-order chi connectivity index (χ1) is 19.4. The van der Waals surface area contributed by atoms with Gasteiger partial charge in [-0.1, -0.05) is 49.4 Å². The minimum atomic E-state index is 0.661. The first kappa shape index (κ1) is 27.9. The predicted octanol–water partition coefficient (Wildman–Crippen LogP) is 8.79. The number of rotatable bonds is 8. The predicted molar refractivity (Wildman–Crippen MR) is 162 cm³/mol. The fraction of sp³-hybridized carbons (Fsp3) is 0.118. The van der Waals surface area contributed by atoms with Crippen molar-refractivity contribution in [3.8, 4) is 40.2 Å². The first-order valence-corrected chi connectivity index (χ1v) is 13.0. The van der Waals surface area contributed by atoms with Gasteiger partial charge in [0, 0.05) is 35.1 Å². The zero-order chi connectivity index (χ0) is 28.3. The highest BCUT2D eigenvalue weighted by molar-refractivity contribution is 5.50. The second kappa shape index (κ2) is 13.6. The minimum absolute atomic E-state index is 0.661. The Bertz CT molecular complexity index is 1550. The Morgan fingerprint density at radius 2 is 0.975 bits per heavy atom. The van der Waals surface area contributed by atoms with E-state index in [-0.39, 0.29) is 0 Å². The van der Waals surface area contributed by atoms with Crippen LogP contribution in [0, 0.1) is 6.92 Å². The van der Waals surface area contributed by atoms with Crippen molar-refractivity contribution >= 4 is 11.4 Å². The quantitative estimate of drug-likeness (QED) is 0.193. The lowest BCUT2D eigenvalue weighted by Crippen LogP contribution is -1.93. The number of ether oxygens (including phenoxy) is 4. The van der Waals surface area contributed by atoms with Gasteiger partial charge >= 0.3 is 0 Å². The maximum absolute atomic E-state index is 5.97. The molecule has 40 heavy (non-hydrogen) atoms. The molecule has 0 aromatic heterocycles. The molecule has 0 bridgehead atoms. The van der Waals surface area contributed by atoms with E-state index in [0.717, 1.165) is 40.7 Å². The van der Waals surface area contributed by atoms with Crippen LogP contribution in [0.1, 0.15) is 18.1 Å². The summed E-state index contributed by atoms with van der Waals surface area (Å²) in [7, 11) is 1.63. The fourth-order valence-electron chi connectivity index (χ4n) is 3.91. The third kappa shape index (κ3) is 7.71. The second-order valence-corrected chi connectivity index (χ2v) is 8.97. The average molecular weight is 535 g/mol. The average Bonchev–Trinajstić information content (AvgIpc) is 2.96. The Balaban J connectivity index is 0.000000201. The van der Waals surface area contributed by atoms with Crippen LogP contribution in [0.25, 0.3) is 0 Å². The van der Waals surface area contributed by atoms with E-state index in [2.05, 4.69) is 13.0 Å². The lowest BCUT2D eigenvalue weighted by atomic mass is 10.1. The molecule has 4 N–H and O–H groups in total. The summed E-state index contributed by atoms with van der Waals surface area (Å²) in [6.45, 7) is 4.07. The molecule has 5 rings (SSSR count). The fourth-order valence-corrected chi connectivity index (χ4v) is 3.91. The normalized spacial score (nSPS) is 10.2. The van der Waals surface area contributed by atoms with Gasteiger partial charge in [0.1, 0.15) is 40.2 Å². The number of anilines is 2. The van der Waals surface area contributed by atoms with Gasteiger partial charge in [0.2, 0.25) is 0 Å². The standard InChI is InChI=1S/C20H19NO3.C14H15NO/c1-14-19(23-17-8-3-6-15(21)12-17)10-5-11-20(14)24-18-9-4-7-16(13-18)22-2;1-2-11-6-3-4-9-14(11)16-13-8-5-7-12(15)10-13/h3-13H,21H2,1-2H3;3-10H,2,15H2,1H3. The van der Waals surface area contributed by atoms with Crippen LogP contribution < -0.4 is 30.4 Å². The number of methoxy groups -OCH3 is 1. The van der Waals surface area contributed by atoms with Crippen LogP contribution in [0.5, 0.6) is 40.2 Å². The molecule has 0 amide bonds. The molecule has 0 heterocycles. The van der Waals surface area contributed by atoms with Crippen molar-refractivity contribution in [2.24, 2.45) is 0 Å². The van der Waals surface area contributed by atoms with Crippen LogP contribution in [-0.2, 0) is 6.42 Å². The maximum Gasteiger partial charge on any atom is 0.134 e. The van der Waals surface area contributed by atoms with Gasteiger partial charge in [-0.3, -0.25) is 0 Å². The number of benzene rings is 5. The highest BCUT2D eigenvalue weighted by atomic mass is 16.5. The van der Waals surface area contributed by atoms with E-state index < -0.39 is 0 Å². The number of hydrogen-bond donors (Lipinski definition) is 2. The summed E-state index contributed by atoms with van der Waals surface area (Å²) in [5, 5.41) is 0. The molecular weight excluding hydrogens is 500 g/mol. The van der Waals surface area contributed by atoms with E-state index >= 15 is 0 Å². The van der Waals surface area contributed by atoms with Crippen LogP contribution in [0.15, 0.2) is 115 Å². The molecule has 0 radical (unpaired) electrons. The molecule has 0 aliphatic carbocycles. The zero-order valence-electron chi connectivity index (χ0n) is 23.0. The summed E-state index contributed by atoms with van der Waals surface area (Å²) in [6.07, 6.45) is 0.957. The molecule has 0 saturated heterocycles. The molecule has 0 aliphatic rings. The molecule has 0 unspecified atom stereocenters. The largest absolute Gasteiger partial charge is 0.497 e. The second-order valence-electron chi connectivity index (χ2n) is 8.97. The summed E-state index contributed by atoms with van der Waals surface area (Å²) in [5.74, 6) is 5.27. The molecular formula is C34H34N2O4. The molecule has 0 aliphatic heterocycles. The van der Waals surface area contributed by atoms with Gasteiger partial charge in [0.05, 0.1) is 7.11 Å². The van der Waals surface area contributed by atoms with Crippen molar-refractivity contribution in [3.63, 3.8) is 0 Å². The zero-order valence-corrected chi connectivity index (χ0v) is 23.0. The summed E-state index contributed by atoms with van der Waals surface area (Å²) >= 11 is 0. The molecule has 5 aromatic rings. The number of aryl methyl sites for hydroxylation is 1. The highest BCUT2D eigenvalue weighted by Crippen LogP contribution is 2.35. The van der Waals surface area contributed by atoms with Crippen LogP contribution in [0.4, 0.5) is 11.4 Å². The summed E-state index contributed by atoms with van der Waals surface area (Å²) in [5.41, 5.74) is 15.0. The Hall–Kier alpha value is -5.10. The smallest absolute Gasteiger partial charge is 0.134 e. The van der Waals surface area contributed by atoms with Crippen LogP contribution in [0.3, 0.4) is 0 Å². The molecule has 0 saturated carbocycles. The van der Waals surface area contributed by atoms with Crippen molar-refractivity contribution < 1.29 is 18.9 Å². The highest BCUT2D eigenvalue weighted by Gasteiger charge is 2.09. The van der Waals surface area contributed by atoms with Gasteiger partial charge in [-0.05, 0) is 73.5 Å². The van der Waals surface area contributed by atoms with E-state index in [9.17, 15) is 0 Å². The van der Waals surface area contributed by atoms with Crippen LogP contribution in [-0.4, -0.2) is 7.11 Å². The Morgan fingerprint density at radius 1 is 0.525 bits per heavy atom. The third-order valence-corrected chi connectivity index (χ3v) is 6.03. The van der Waals surface area contributed by atoms with Gasteiger partial charge < -0.3 is 30.4 Å². The summed E-state index contributed by atoms with van der Waals surface area (Å²) in [4.78, 5) is 0. The van der Waals surface area contributed by atoms with E-state index in [1.165, 1.54) is 5.56 Å². The molecule has 6 nitrogen and oxygen atoms in total. The van der Waals surface area contributed by atoms with Crippen molar-refractivity contribution in [1.29, 1.82) is 0 Å². The molecule has 6 heteroatoms. The molecule has 5 aromatic carbocycles. The monoisotopic (exact) mass is 534 g/mol. The van der Waals surface area contributed by atoms with Crippen molar-refractivity contribution in [2.45, 2.75) is 20.3 Å². The van der Waals surface area contributed by atoms with Gasteiger partial charge in [0.25, 0.3) is 0 Å². The van der Waals surface area contributed by atoms with Crippen LogP contribution in [0.2, 0.25) is 0 Å². The number of para-hydroxylation sites is 1. The van der Waals surface area contributed by atoms with Gasteiger partial charge in [-0.25, -0.2) is 0 Å². The Morgan fingerprint density at radius 3 is 1.52 bits per heavy atom. The van der Waals surface area contributed by atoms with Gasteiger partial charge in [-0.15, -0.1) is 0 Å². The van der Waals surface area contributed by atoms with Crippen molar-refractivity contribution in [3.05, 3.63) is 126 Å².